The van der Waals surface area contributed by atoms with Gasteiger partial charge in [0.25, 0.3) is 0 Å². The molecule has 0 aliphatic heterocycles. The zero-order valence-electron chi connectivity index (χ0n) is 14.8. The number of nitrogens with one attached hydrogen (secondary N) is 2. The predicted octanol–water partition coefficient (Wildman–Crippen LogP) is 4.57. The molecule has 0 bridgehead atoms. The van der Waals surface area contributed by atoms with E-state index in [-0.39, 0.29) is 5.69 Å². The minimum Gasteiger partial charge on any atom is -0.324 e. The molecule has 2 N–H and O–H groups in total. The molecule has 3 rings (SSSR count). The lowest BCUT2D eigenvalue weighted by atomic mass is 10.1. The number of hydrogen-bond donors (Lipinski definition) is 2. The van der Waals surface area contributed by atoms with Gasteiger partial charge in [-0.05, 0) is 35.9 Å². The maximum absolute atomic E-state index is 12.9. The predicted molar refractivity (Wildman–Crippen MR) is 100 cm³/mol. The normalized spacial score (nSPS) is 12.4. The lowest BCUT2D eigenvalue weighted by Gasteiger charge is -2.19. The van der Waals surface area contributed by atoms with Crippen LogP contribution in [0.25, 0.3) is 0 Å². The van der Waals surface area contributed by atoms with Gasteiger partial charge in [-0.25, -0.2) is 0 Å². The molecule has 1 heterocycles. The van der Waals surface area contributed by atoms with Crippen molar-refractivity contribution in [2.24, 2.45) is 0 Å². The second-order valence-electron chi connectivity index (χ2n) is 6.11. The number of benzene rings is 2. The molecule has 144 valence electrons. The van der Waals surface area contributed by atoms with Crippen LogP contribution < -0.4 is 10.6 Å². The van der Waals surface area contributed by atoms with E-state index in [0.29, 0.717) is 12.1 Å². The summed E-state index contributed by atoms with van der Waals surface area (Å²) >= 11 is 0. The number of nitrogens with zero attached hydrogens (tertiary/aromatic N) is 1. The molecule has 1 aromatic heterocycles. The van der Waals surface area contributed by atoms with E-state index < -0.39 is 23.7 Å². The molecule has 1 atom stereocenters. The van der Waals surface area contributed by atoms with Crippen molar-refractivity contribution in [2.75, 3.05) is 5.32 Å². The summed E-state index contributed by atoms with van der Waals surface area (Å²) < 4.78 is 38.7. The SMILES string of the molecule is O=C(Nc1cccc(C(F)(F)F)c1)C(NCc1ccccn1)c1ccccc1. The smallest absolute Gasteiger partial charge is 0.324 e. The van der Waals surface area contributed by atoms with Gasteiger partial charge < -0.3 is 5.32 Å². The molecule has 0 fully saturated rings. The van der Waals surface area contributed by atoms with E-state index in [2.05, 4.69) is 15.6 Å². The third kappa shape index (κ3) is 5.17. The molecule has 0 aliphatic carbocycles. The van der Waals surface area contributed by atoms with E-state index >= 15 is 0 Å². The van der Waals surface area contributed by atoms with Crippen LogP contribution in [0.2, 0.25) is 0 Å². The molecular formula is C21H18F3N3O. The van der Waals surface area contributed by atoms with Crippen molar-refractivity contribution >= 4 is 11.6 Å². The molecule has 2 aromatic carbocycles. The van der Waals surface area contributed by atoms with Gasteiger partial charge in [0, 0.05) is 18.4 Å². The number of anilines is 1. The standard InChI is InChI=1S/C21H18F3N3O/c22-21(23,24)16-9-6-11-17(13-16)27-20(28)19(15-7-2-1-3-8-15)26-14-18-10-4-5-12-25-18/h1-13,19,26H,14H2,(H,27,28). The zero-order valence-corrected chi connectivity index (χ0v) is 14.8. The Morgan fingerprint density at radius 1 is 0.964 bits per heavy atom. The molecule has 4 nitrogen and oxygen atoms in total. The first kappa shape index (κ1) is 19.6. The third-order valence-electron chi connectivity index (χ3n) is 4.07. The van der Waals surface area contributed by atoms with Gasteiger partial charge in [0.1, 0.15) is 6.04 Å². The van der Waals surface area contributed by atoms with Crippen molar-refractivity contribution in [3.63, 3.8) is 0 Å². The fourth-order valence-electron chi connectivity index (χ4n) is 2.70. The second kappa shape index (κ2) is 8.67. The van der Waals surface area contributed by atoms with E-state index in [0.717, 1.165) is 17.8 Å². The summed E-state index contributed by atoms with van der Waals surface area (Å²) in [5.41, 5.74) is 0.710. The van der Waals surface area contributed by atoms with Crippen LogP contribution in [0.4, 0.5) is 18.9 Å². The van der Waals surface area contributed by atoms with Crippen molar-refractivity contribution in [3.8, 4) is 0 Å². The number of halogens is 3. The minimum absolute atomic E-state index is 0.0837. The van der Waals surface area contributed by atoms with E-state index in [1.807, 2.05) is 18.2 Å². The summed E-state index contributed by atoms with van der Waals surface area (Å²) in [6.07, 6.45) is -2.83. The number of carbonyl (C=O) groups excluding carboxylic acids is 1. The maximum atomic E-state index is 12.9. The van der Waals surface area contributed by atoms with Crippen LogP contribution >= 0.6 is 0 Å². The molecule has 0 spiro atoms. The summed E-state index contributed by atoms with van der Waals surface area (Å²) in [7, 11) is 0. The van der Waals surface area contributed by atoms with Gasteiger partial charge in [-0.2, -0.15) is 13.2 Å². The number of carbonyl (C=O) groups is 1. The molecule has 28 heavy (non-hydrogen) atoms. The van der Waals surface area contributed by atoms with Crippen molar-refractivity contribution in [1.29, 1.82) is 0 Å². The number of pyridine rings is 1. The quantitative estimate of drug-likeness (QED) is 0.654. The molecule has 1 unspecified atom stereocenters. The Balaban J connectivity index is 1.79. The Morgan fingerprint density at radius 3 is 2.39 bits per heavy atom. The van der Waals surface area contributed by atoms with Crippen molar-refractivity contribution in [3.05, 3.63) is 95.8 Å². The van der Waals surface area contributed by atoms with Gasteiger partial charge in [-0.3, -0.25) is 15.1 Å². The fourth-order valence-corrected chi connectivity index (χ4v) is 2.70. The number of aromatic nitrogens is 1. The van der Waals surface area contributed by atoms with E-state index in [1.54, 1.807) is 36.5 Å². The Bertz CT molecular complexity index is 915. The topological polar surface area (TPSA) is 54.0 Å². The molecule has 0 saturated carbocycles. The average molecular weight is 385 g/mol. The zero-order chi connectivity index (χ0) is 20.0. The van der Waals surface area contributed by atoms with Crippen LogP contribution in [-0.2, 0) is 17.5 Å². The monoisotopic (exact) mass is 385 g/mol. The molecular weight excluding hydrogens is 367 g/mol. The van der Waals surface area contributed by atoms with Crippen LogP contribution in [0.1, 0.15) is 22.9 Å². The minimum atomic E-state index is -4.48. The number of rotatable bonds is 6. The van der Waals surface area contributed by atoms with Gasteiger partial charge in [0.15, 0.2) is 0 Å². The molecule has 0 radical (unpaired) electrons. The largest absolute Gasteiger partial charge is 0.416 e. The average Bonchev–Trinajstić information content (AvgIpc) is 2.69. The first-order valence-electron chi connectivity index (χ1n) is 8.60. The van der Waals surface area contributed by atoms with E-state index in [9.17, 15) is 18.0 Å². The molecule has 0 aliphatic rings. The highest BCUT2D eigenvalue weighted by Gasteiger charge is 2.30. The van der Waals surface area contributed by atoms with Crippen molar-refractivity contribution in [1.82, 2.24) is 10.3 Å². The van der Waals surface area contributed by atoms with Crippen molar-refractivity contribution in [2.45, 2.75) is 18.8 Å². The Hall–Kier alpha value is -3.19. The molecule has 0 saturated heterocycles. The summed E-state index contributed by atoms with van der Waals surface area (Å²) in [5, 5.41) is 5.69. The Morgan fingerprint density at radius 2 is 1.71 bits per heavy atom. The fraction of sp³-hybridized carbons (Fsp3) is 0.143. The first-order valence-corrected chi connectivity index (χ1v) is 8.60. The van der Waals surface area contributed by atoms with Crippen LogP contribution in [-0.4, -0.2) is 10.9 Å². The highest BCUT2D eigenvalue weighted by molar-refractivity contribution is 5.95. The van der Waals surface area contributed by atoms with Gasteiger partial charge in [0.2, 0.25) is 5.91 Å². The second-order valence-corrected chi connectivity index (χ2v) is 6.11. The molecule has 7 heteroatoms. The van der Waals surface area contributed by atoms with E-state index in [4.69, 9.17) is 0 Å². The Kier molecular flexibility index (Phi) is 6.06. The Labute approximate surface area is 160 Å². The van der Waals surface area contributed by atoms with Crippen LogP contribution in [0.15, 0.2) is 79.0 Å². The van der Waals surface area contributed by atoms with Crippen LogP contribution in [0.3, 0.4) is 0 Å². The maximum Gasteiger partial charge on any atom is 0.416 e. The van der Waals surface area contributed by atoms with Gasteiger partial charge in [-0.15, -0.1) is 0 Å². The number of alkyl halides is 3. The highest BCUT2D eigenvalue weighted by atomic mass is 19.4. The first-order chi connectivity index (χ1) is 13.4. The summed E-state index contributed by atoms with van der Waals surface area (Å²) in [4.78, 5) is 17.0. The van der Waals surface area contributed by atoms with Crippen molar-refractivity contribution < 1.29 is 18.0 Å². The van der Waals surface area contributed by atoms with E-state index in [1.165, 1.54) is 12.1 Å². The number of amides is 1. The number of hydrogen-bond acceptors (Lipinski definition) is 3. The summed E-state index contributed by atoms with van der Waals surface area (Å²) in [6, 6.07) is 18.2. The van der Waals surface area contributed by atoms with Crippen LogP contribution in [0.5, 0.6) is 0 Å². The van der Waals surface area contributed by atoms with Crippen LogP contribution in [0, 0.1) is 0 Å². The van der Waals surface area contributed by atoms with Gasteiger partial charge in [0.05, 0.1) is 11.3 Å². The lowest BCUT2D eigenvalue weighted by molar-refractivity contribution is -0.137. The molecule has 1 amide bonds. The summed E-state index contributed by atoms with van der Waals surface area (Å²) in [6.45, 7) is 0.330. The molecule has 3 aromatic rings. The lowest BCUT2D eigenvalue weighted by Crippen LogP contribution is -2.33. The summed E-state index contributed by atoms with van der Waals surface area (Å²) in [5.74, 6) is -0.457. The van der Waals surface area contributed by atoms with Gasteiger partial charge in [-0.1, -0.05) is 42.5 Å². The third-order valence-corrected chi connectivity index (χ3v) is 4.07. The highest BCUT2D eigenvalue weighted by Crippen LogP contribution is 2.31. The van der Waals surface area contributed by atoms with Gasteiger partial charge >= 0.3 is 6.18 Å².